The minimum Gasteiger partial charge on any atom is -0.199 e. The normalized spacial score (nSPS) is 12.4. The van der Waals surface area contributed by atoms with E-state index >= 15 is 0 Å². The van der Waals surface area contributed by atoms with Crippen LogP contribution in [0.3, 0.4) is 0 Å². The Kier molecular flexibility index (Phi) is 4.26. The average Bonchev–Trinajstić information content (AvgIpc) is 2.38. The lowest BCUT2D eigenvalue weighted by Crippen LogP contribution is -2.03. The Morgan fingerprint density at radius 3 is 2.35 bits per heavy atom. The maximum atomic E-state index is 12.2. The van der Waals surface area contributed by atoms with Gasteiger partial charge in [0.2, 0.25) is 0 Å². The van der Waals surface area contributed by atoms with Gasteiger partial charge in [-0.15, -0.1) is 0 Å². The molecule has 2 aromatic carbocycles. The van der Waals surface area contributed by atoms with E-state index in [1.807, 2.05) is 6.92 Å². The predicted molar refractivity (Wildman–Crippen MR) is 82.0 cm³/mol. The molecule has 0 atom stereocenters. The number of nitrogens with zero attached hydrogens (tertiary/aromatic N) is 1. The van der Waals surface area contributed by atoms with Crippen molar-refractivity contribution in [2.45, 2.75) is 18.7 Å². The summed E-state index contributed by atoms with van der Waals surface area (Å²) < 4.78 is 28.2. The second kappa shape index (κ2) is 5.77. The molecular formula is C15H14ClNO2S. The fourth-order valence-corrected chi connectivity index (χ4v) is 2.95. The van der Waals surface area contributed by atoms with E-state index in [9.17, 15) is 8.42 Å². The monoisotopic (exact) mass is 307 g/mol. The van der Waals surface area contributed by atoms with Gasteiger partial charge in [0.15, 0.2) is 0 Å². The zero-order valence-electron chi connectivity index (χ0n) is 11.2. The van der Waals surface area contributed by atoms with Crippen LogP contribution >= 0.6 is 11.6 Å². The van der Waals surface area contributed by atoms with Crippen LogP contribution in [-0.4, -0.2) is 14.1 Å². The van der Waals surface area contributed by atoms with Gasteiger partial charge in [-0.25, -0.2) is 0 Å². The van der Waals surface area contributed by atoms with Crippen LogP contribution < -0.4 is 0 Å². The van der Waals surface area contributed by atoms with Gasteiger partial charge >= 0.3 is 0 Å². The highest BCUT2D eigenvalue weighted by molar-refractivity contribution is 7.90. The fraction of sp³-hybridized carbons (Fsp3) is 0.133. The summed E-state index contributed by atoms with van der Waals surface area (Å²) in [6.07, 6.45) is 0. The van der Waals surface area contributed by atoms with Crippen LogP contribution in [0.25, 0.3) is 0 Å². The molecule has 2 aromatic rings. The summed E-state index contributed by atoms with van der Waals surface area (Å²) >= 11 is 5.89. The summed E-state index contributed by atoms with van der Waals surface area (Å²) in [4.78, 5) is 0.185. The van der Waals surface area contributed by atoms with E-state index in [-0.39, 0.29) is 4.90 Å². The predicted octanol–water partition coefficient (Wildman–Crippen LogP) is 3.85. The van der Waals surface area contributed by atoms with Gasteiger partial charge < -0.3 is 0 Å². The SMILES string of the molecule is C/C(=N\S(=O)(=O)c1ccc(C)cc1)c1cccc(Cl)c1. The first-order valence-electron chi connectivity index (χ1n) is 6.03. The van der Waals surface area contributed by atoms with Crippen LogP contribution in [-0.2, 0) is 10.0 Å². The van der Waals surface area contributed by atoms with Crippen molar-refractivity contribution >= 4 is 27.3 Å². The third kappa shape index (κ3) is 3.46. The lowest BCUT2D eigenvalue weighted by Gasteiger charge is -2.03. The minimum atomic E-state index is -3.69. The molecule has 0 amide bonds. The van der Waals surface area contributed by atoms with Crippen LogP contribution in [0.1, 0.15) is 18.1 Å². The van der Waals surface area contributed by atoms with E-state index in [4.69, 9.17) is 11.6 Å². The van der Waals surface area contributed by atoms with Gasteiger partial charge in [0.1, 0.15) is 0 Å². The van der Waals surface area contributed by atoms with Crippen LogP contribution in [0.2, 0.25) is 5.02 Å². The summed E-state index contributed by atoms with van der Waals surface area (Å²) in [5.41, 5.74) is 2.10. The van der Waals surface area contributed by atoms with Crippen molar-refractivity contribution in [2.24, 2.45) is 4.40 Å². The molecule has 0 saturated carbocycles. The molecule has 104 valence electrons. The van der Waals surface area contributed by atoms with Crippen molar-refractivity contribution in [3.63, 3.8) is 0 Å². The lowest BCUT2D eigenvalue weighted by atomic mass is 10.1. The number of aryl methyl sites for hydroxylation is 1. The van der Waals surface area contributed by atoms with E-state index in [2.05, 4.69) is 4.40 Å². The summed E-state index contributed by atoms with van der Waals surface area (Å²) in [6.45, 7) is 3.55. The third-order valence-electron chi connectivity index (χ3n) is 2.82. The summed E-state index contributed by atoms with van der Waals surface area (Å²) in [5.74, 6) is 0. The molecule has 0 heterocycles. The first-order chi connectivity index (χ1) is 9.38. The van der Waals surface area contributed by atoms with Crippen LogP contribution in [0.4, 0.5) is 0 Å². The molecule has 5 heteroatoms. The summed E-state index contributed by atoms with van der Waals surface area (Å²) in [7, 11) is -3.69. The molecule has 0 aliphatic heterocycles. The standard InChI is InChI=1S/C15H14ClNO2S/c1-11-6-8-15(9-7-11)20(18,19)17-12(2)13-4-3-5-14(16)10-13/h3-10H,1-2H3/b17-12+. The number of hydrogen-bond acceptors (Lipinski definition) is 2. The highest BCUT2D eigenvalue weighted by atomic mass is 35.5. The molecule has 0 aliphatic rings. The van der Waals surface area contributed by atoms with Crippen molar-refractivity contribution in [3.05, 3.63) is 64.7 Å². The van der Waals surface area contributed by atoms with E-state index < -0.39 is 10.0 Å². The maximum absolute atomic E-state index is 12.2. The second-order valence-corrected chi connectivity index (χ2v) is 6.52. The molecule has 0 aromatic heterocycles. The molecule has 0 radical (unpaired) electrons. The molecule has 3 nitrogen and oxygen atoms in total. The molecule has 2 rings (SSSR count). The Morgan fingerprint density at radius 1 is 1.10 bits per heavy atom. The van der Waals surface area contributed by atoms with E-state index in [1.165, 1.54) is 0 Å². The quantitative estimate of drug-likeness (QED) is 0.809. The van der Waals surface area contributed by atoms with Crippen LogP contribution in [0.5, 0.6) is 0 Å². The van der Waals surface area contributed by atoms with Crippen molar-refractivity contribution < 1.29 is 8.42 Å². The van der Waals surface area contributed by atoms with Gasteiger partial charge in [0.05, 0.1) is 10.6 Å². The highest BCUT2D eigenvalue weighted by Crippen LogP contribution is 2.16. The van der Waals surface area contributed by atoms with Crippen molar-refractivity contribution in [1.29, 1.82) is 0 Å². The molecule has 0 N–H and O–H groups in total. The Bertz CT molecular complexity index is 750. The van der Waals surface area contributed by atoms with E-state index in [0.29, 0.717) is 16.3 Å². The summed E-state index contributed by atoms with van der Waals surface area (Å²) in [6, 6.07) is 13.6. The fourth-order valence-electron chi connectivity index (χ4n) is 1.71. The third-order valence-corrected chi connectivity index (χ3v) is 4.44. The van der Waals surface area contributed by atoms with Gasteiger partial charge in [-0.05, 0) is 43.7 Å². The molecule has 0 spiro atoms. The number of benzene rings is 2. The van der Waals surface area contributed by atoms with Crippen molar-refractivity contribution in [2.75, 3.05) is 0 Å². The number of rotatable bonds is 3. The number of hydrogen-bond donors (Lipinski definition) is 0. The molecule has 0 aliphatic carbocycles. The first kappa shape index (κ1) is 14.8. The van der Waals surface area contributed by atoms with E-state index in [0.717, 1.165) is 5.56 Å². The molecule has 20 heavy (non-hydrogen) atoms. The molecule has 0 saturated heterocycles. The lowest BCUT2D eigenvalue weighted by molar-refractivity contribution is 0.598. The van der Waals surface area contributed by atoms with Crippen molar-refractivity contribution in [3.8, 4) is 0 Å². The number of sulfonamides is 1. The van der Waals surface area contributed by atoms with Crippen molar-refractivity contribution in [1.82, 2.24) is 0 Å². The average molecular weight is 308 g/mol. The highest BCUT2D eigenvalue weighted by Gasteiger charge is 2.13. The van der Waals surface area contributed by atoms with Crippen LogP contribution in [0.15, 0.2) is 57.8 Å². The van der Waals surface area contributed by atoms with Gasteiger partial charge in [-0.1, -0.05) is 41.4 Å². The molecular weight excluding hydrogens is 294 g/mol. The minimum absolute atomic E-state index is 0.185. The zero-order chi connectivity index (χ0) is 14.8. The smallest absolute Gasteiger partial charge is 0.199 e. The van der Waals surface area contributed by atoms with Crippen LogP contribution in [0, 0.1) is 6.92 Å². The Hall–Kier alpha value is -1.65. The molecule has 0 bridgehead atoms. The Morgan fingerprint density at radius 2 is 1.75 bits per heavy atom. The Balaban J connectivity index is 2.40. The van der Waals surface area contributed by atoms with Gasteiger partial charge in [0.25, 0.3) is 10.0 Å². The second-order valence-electron chi connectivity index (χ2n) is 4.48. The van der Waals surface area contributed by atoms with Gasteiger partial charge in [-0.2, -0.15) is 12.8 Å². The van der Waals surface area contributed by atoms with Gasteiger partial charge in [-0.3, -0.25) is 0 Å². The first-order valence-corrected chi connectivity index (χ1v) is 7.84. The summed E-state index contributed by atoms with van der Waals surface area (Å²) in [5, 5.41) is 0.546. The number of halogens is 1. The molecule has 0 unspecified atom stereocenters. The van der Waals surface area contributed by atoms with Gasteiger partial charge in [0, 0.05) is 5.02 Å². The zero-order valence-corrected chi connectivity index (χ0v) is 12.7. The topological polar surface area (TPSA) is 46.5 Å². The largest absolute Gasteiger partial charge is 0.282 e. The maximum Gasteiger partial charge on any atom is 0.282 e. The van der Waals surface area contributed by atoms with E-state index in [1.54, 1.807) is 55.5 Å². The molecule has 0 fully saturated rings. The Labute approximate surface area is 124 Å².